The number of rotatable bonds is 10. The number of hydrogen-bond acceptors (Lipinski definition) is 21. The number of fused-ring (bicyclic) bond motifs is 1. The van der Waals surface area contributed by atoms with Crippen molar-refractivity contribution in [1.82, 2.24) is 0 Å². The molecule has 15 atom stereocenters. The van der Waals surface area contributed by atoms with Crippen LogP contribution in [-0.2, 0) is 18.9 Å². The summed E-state index contributed by atoms with van der Waals surface area (Å²) in [6.45, 7) is -2.53. The summed E-state index contributed by atoms with van der Waals surface area (Å²) in [5.74, 6) is -4.28. The standard InChI is InChI=1S/C33H40O22/c34-6-17-21(41)24(44)27(47)31(52-17)50-15-4-10(37)3-14-11(15)5-16(29(49-14)9-1-12(38)20(40)13(39)2-9)51-33-30(26(46)23(43)19(8-36)54-33)55-32-28(48)25(45)22(42)18(7-35)53-32/h1-5,17-19,21-28,30-36,41-48H,6-8H2,(H3-,37,38,39,40)/p+1. The van der Waals surface area contributed by atoms with E-state index in [2.05, 4.69) is 0 Å². The van der Waals surface area contributed by atoms with Crippen LogP contribution in [-0.4, -0.2) is 189 Å². The molecule has 304 valence electrons. The van der Waals surface area contributed by atoms with Crippen LogP contribution in [0.2, 0.25) is 0 Å². The van der Waals surface area contributed by atoms with Gasteiger partial charge in [0.25, 0.3) is 0 Å². The Labute approximate surface area is 308 Å². The minimum absolute atomic E-state index is 0.109. The molecule has 0 saturated carbocycles. The van der Waals surface area contributed by atoms with E-state index in [1.54, 1.807) is 0 Å². The minimum Gasteiger partial charge on any atom is -0.507 e. The lowest BCUT2D eigenvalue weighted by Gasteiger charge is -2.45. The van der Waals surface area contributed by atoms with Gasteiger partial charge in [-0.05, 0) is 0 Å². The van der Waals surface area contributed by atoms with E-state index in [1.807, 2.05) is 0 Å². The van der Waals surface area contributed by atoms with Crippen molar-refractivity contribution in [2.24, 2.45) is 0 Å². The first-order chi connectivity index (χ1) is 26.1. The Kier molecular flexibility index (Phi) is 12.0. The molecule has 22 heteroatoms. The molecule has 0 radical (unpaired) electrons. The summed E-state index contributed by atoms with van der Waals surface area (Å²) in [6, 6.07) is 5.10. The molecule has 0 aliphatic carbocycles. The van der Waals surface area contributed by atoms with Crippen molar-refractivity contribution >= 4 is 11.0 Å². The second-order valence-electron chi connectivity index (χ2n) is 13.1. The van der Waals surface area contributed by atoms with Gasteiger partial charge in [0, 0.05) is 24.3 Å². The van der Waals surface area contributed by atoms with Crippen LogP contribution in [0.1, 0.15) is 0 Å². The molecule has 2 aromatic carbocycles. The lowest BCUT2D eigenvalue weighted by molar-refractivity contribution is -0.357. The summed E-state index contributed by atoms with van der Waals surface area (Å²) in [5, 5.41) is 155. The fourth-order valence-electron chi connectivity index (χ4n) is 6.34. The number of ether oxygens (including phenoxy) is 6. The van der Waals surface area contributed by atoms with Gasteiger partial charge in [-0.2, -0.15) is 0 Å². The zero-order valence-corrected chi connectivity index (χ0v) is 28.2. The lowest BCUT2D eigenvalue weighted by atomic mass is 9.97. The number of aliphatic hydroxyl groups excluding tert-OH is 11. The van der Waals surface area contributed by atoms with E-state index in [4.69, 9.17) is 32.8 Å². The topological polar surface area (TPSA) is 370 Å². The van der Waals surface area contributed by atoms with Gasteiger partial charge in [0.05, 0.1) is 31.5 Å². The molecular weight excluding hydrogens is 748 g/mol. The van der Waals surface area contributed by atoms with Gasteiger partial charge in [-0.3, -0.25) is 0 Å². The van der Waals surface area contributed by atoms with Gasteiger partial charge >= 0.3 is 11.3 Å². The van der Waals surface area contributed by atoms with Crippen molar-refractivity contribution in [2.75, 3.05) is 19.8 Å². The fourth-order valence-corrected chi connectivity index (χ4v) is 6.34. The maximum absolute atomic E-state index is 11.2. The predicted molar refractivity (Wildman–Crippen MR) is 174 cm³/mol. The van der Waals surface area contributed by atoms with Gasteiger partial charge < -0.3 is 105 Å². The highest BCUT2D eigenvalue weighted by Gasteiger charge is 2.52. The Bertz CT molecular complexity index is 1780. The van der Waals surface area contributed by atoms with Gasteiger partial charge in [-0.15, -0.1) is 0 Å². The summed E-state index contributed by atoms with van der Waals surface area (Å²) >= 11 is 0. The van der Waals surface area contributed by atoms with Crippen LogP contribution in [0.25, 0.3) is 22.3 Å². The number of aliphatic hydroxyl groups is 11. The van der Waals surface area contributed by atoms with Crippen LogP contribution < -0.4 is 9.47 Å². The maximum atomic E-state index is 11.2. The quantitative estimate of drug-likeness (QED) is 0.0678. The Morgan fingerprint density at radius 1 is 0.527 bits per heavy atom. The molecule has 1 aromatic heterocycles. The van der Waals surface area contributed by atoms with Crippen LogP contribution in [0.15, 0.2) is 34.7 Å². The highest BCUT2D eigenvalue weighted by molar-refractivity contribution is 5.89. The summed E-state index contributed by atoms with van der Waals surface area (Å²) in [4.78, 5) is 0. The molecule has 4 heterocycles. The smallest absolute Gasteiger partial charge is 0.402 e. The molecule has 0 amide bonds. The molecule has 3 aliphatic rings. The third-order valence-electron chi connectivity index (χ3n) is 9.43. The van der Waals surface area contributed by atoms with E-state index in [-0.39, 0.29) is 22.3 Å². The Balaban J connectivity index is 1.46. The van der Waals surface area contributed by atoms with E-state index < -0.39 is 146 Å². The van der Waals surface area contributed by atoms with Crippen molar-refractivity contribution < 1.29 is 109 Å². The zero-order chi connectivity index (χ0) is 40.0. The molecule has 15 N–H and O–H groups in total. The maximum Gasteiger partial charge on any atom is 0.402 e. The zero-order valence-electron chi connectivity index (χ0n) is 28.2. The second-order valence-corrected chi connectivity index (χ2v) is 13.1. The van der Waals surface area contributed by atoms with Crippen LogP contribution >= 0.6 is 0 Å². The third kappa shape index (κ3) is 7.76. The van der Waals surface area contributed by atoms with Gasteiger partial charge in [-0.25, -0.2) is 4.42 Å². The van der Waals surface area contributed by atoms with E-state index >= 15 is 0 Å². The first-order valence-corrected chi connectivity index (χ1v) is 16.7. The SMILES string of the molecule is OCC1OC(Oc2cc(O)cc3[o+]c(-c4cc(O)c(O)c(O)c4)c(OC4OC(CO)C(O)C(O)C4OC4OC(CO)C(O)C(O)C4O)cc23)C(O)C(O)C1O. The molecule has 0 bridgehead atoms. The summed E-state index contributed by atoms with van der Waals surface area (Å²) in [7, 11) is 0. The van der Waals surface area contributed by atoms with Gasteiger partial charge in [0.15, 0.2) is 29.6 Å². The number of aromatic hydroxyl groups is 4. The van der Waals surface area contributed by atoms with Crippen molar-refractivity contribution in [1.29, 1.82) is 0 Å². The average molecular weight is 790 g/mol. The molecule has 3 saturated heterocycles. The Morgan fingerprint density at radius 2 is 1.02 bits per heavy atom. The molecule has 0 spiro atoms. The second kappa shape index (κ2) is 16.3. The van der Waals surface area contributed by atoms with E-state index in [0.717, 1.165) is 30.3 Å². The molecule has 55 heavy (non-hydrogen) atoms. The summed E-state index contributed by atoms with van der Waals surface area (Å²) < 4.78 is 40.2. The average Bonchev–Trinajstić information content (AvgIpc) is 3.16. The highest BCUT2D eigenvalue weighted by atomic mass is 16.8. The van der Waals surface area contributed by atoms with Crippen molar-refractivity contribution in [3.63, 3.8) is 0 Å². The summed E-state index contributed by atoms with van der Waals surface area (Å²) in [6.07, 6.45) is -27.0. The van der Waals surface area contributed by atoms with Gasteiger partial charge in [-0.1, -0.05) is 0 Å². The van der Waals surface area contributed by atoms with E-state index in [9.17, 15) is 76.6 Å². The highest BCUT2D eigenvalue weighted by Crippen LogP contribution is 2.46. The largest absolute Gasteiger partial charge is 0.507 e. The first-order valence-electron chi connectivity index (χ1n) is 16.7. The summed E-state index contributed by atoms with van der Waals surface area (Å²) in [5.41, 5.74) is -0.428. The fraction of sp³-hybridized carbons (Fsp3) is 0.545. The van der Waals surface area contributed by atoms with Crippen LogP contribution in [0.5, 0.6) is 34.5 Å². The van der Waals surface area contributed by atoms with Gasteiger partial charge in [0.2, 0.25) is 18.3 Å². The van der Waals surface area contributed by atoms with E-state index in [0.29, 0.717) is 0 Å². The van der Waals surface area contributed by atoms with Crippen molar-refractivity contribution in [2.45, 2.75) is 92.1 Å². The molecule has 3 fully saturated rings. The molecule has 3 aliphatic heterocycles. The third-order valence-corrected chi connectivity index (χ3v) is 9.43. The van der Waals surface area contributed by atoms with Crippen LogP contribution in [0, 0.1) is 0 Å². The number of phenolic OH excluding ortho intramolecular Hbond substituents is 4. The molecule has 15 unspecified atom stereocenters. The Hall–Kier alpha value is -3.95. The van der Waals surface area contributed by atoms with Crippen molar-refractivity contribution in [3.05, 3.63) is 30.3 Å². The normalized spacial score (nSPS) is 36.8. The van der Waals surface area contributed by atoms with Crippen LogP contribution in [0.3, 0.4) is 0 Å². The molecule has 3 aromatic rings. The van der Waals surface area contributed by atoms with Gasteiger partial charge in [0.1, 0.15) is 84.0 Å². The number of benzene rings is 2. The minimum atomic E-state index is -2.01. The number of hydrogen-bond donors (Lipinski definition) is 15. The Morgan fingerprint density at radius 3 is 1.58 bits per heavy atom. The monoisotopic (exact) mass is 789 g/mol. The molecular formula is C33H41O22+. The predicted octanol–water partition coefficient (Wildman–Crippen LogP) is -4.62. The number of phenols is 4. The molecule has 22 nitrogen and oxygen atoms in total. The lowest BCUT2D eigenvalue weighted by Crippen LogP contribution is -2.65. The molecule has 6 rings (SSSR count). The first kappa shape index (κ1) is 40.7. The van der Waals surface area contributed by atoms with Crippen molar-refractivity contribution in [3.8, 4) is 45.8 Å². The van der Waals surface area contributed by atoms with E-state index in [1.165, 1.54) is 0 Å². The van der Waals surface area contributed by atoms with Crippen LogP contribution in [0.4, 0.5) is 0 Å².